The van der Waals surface area contributed by atoms with Crippen LogP contribution in [0.3, 0.4) is 0 Å². The summed E-state index contributed by atoms with van der Waals surface area (Å²) in [5.74, 6) is -0.192. The minimum atomic E-state index is -0.563. The number of rotatable bonds is 6. The molecular weight excluding hydrogens is 313 g/mol. The molecule has 0 N–H and O–H groups in total. The summed E-state index contributed by atoms with van der Waals surface area (Å²) in [5, 5.41) is 0. The van der Waals surface area contributed by atoms with Crippen molar-refractivity contribution in [2.75, 3.05) is 13.1 Å². The summed E-state index contributed by atoms with van der Waals surface area (Å²) < 4.78 is 14.3. The van der Waals surface area contributed by atoms with Gasteiger partial charge in [-0.25, -0.2) is 4.39 Å². The molecule has 0 aromatic heterocycles. The van der Waals surface area contributed by atoms with Gasteiger partial charge in [-0.15, -0.1) is 12.6 Å². The van der Waals surface area contributed by atoms with Gasteiger partial charge in [0, 0.05) is 31.0 Å². The fraction of sp³-hybridized carbons (Fsp3) is 0.444. The van der Waals surface area contributed by atoms with E-state index < -0.39 is 6.04 Å². The van der Waals surface area contributed by atoms with E-state index >= 15 is 0 Å². The molecule has 1 unspecified atom stereocenters. The minimum absolute atomic E-state index is 0.0514. The first-order valence-corrected chi connectivity index (χ1v) is 8.42. The van der Waals surface area contributed by atoms with Gasteiger partial charge >= 0.3 is 0 Å². The quantitative estimate of drug-likeness (QED) is 0.641. The number of hydrogen-bond donors (Lipinski definition) is 1. The van der Waals surface area contributed by atoms with E-state index in [-0.39, 0.29) is 17.5 Å². The molecule has 1 heterocycles. The van der Waals surface area contributed by atoms with Crippen molar-refractivity contribution < 1.29 is 14.0 Å². The Morgan fingerprint density at radius 1 is 1.39 bits per heavy atom. The summed E-state index contributed by atoms with van der Waals surface area (Å²) >= 11 is 4.45. The highest BCUT2D eigenvalue weighted by molar-refractivity contribution is 7.84. The molecule has 1 aliphatic heterocycles. The van der Waals surface area contributed by atoms with Crippen LogP contribution in [0.5, 0.6) is 0 Å². The van der Waals surface area contributed by atoms with E-state index in [1.54, 1.807) is 18.2 Å². The van der Waals surface area contributed by atoms with Gasteiger partial charge in [0.15, 0.2) is 5.78 Å². The second kappa shape index (κ2) is 6.97. The second-order valence-corrected chi connectivity index (χ2v) is 6.78. The molecule has 122 valence electrons. The third-order valence-electron chi connectivity index (χ3n) is 4.58. The molecule has 1 aromatic rings. The number of carbonyl (C=O) groups is 2. The van der Waals surface area contributed by atoms with Crippen LogP contribution in [0.2, 0.25) is 0 Å². The zero-order chi connectivity index (χ0) is 16.4. The van der Waals surface area contributed by atoms with Crippen LogP contribution in [0.4, 0.5) is 4.39 Å². The summed E-state index contributed by atoms with van der Waals surface area (Å²) in [6.45, 7) is 1.15. The van der Waals surface area contributed by atoms with Crippen molar-refractivity contribution in [1.29, 1.82) is 0 Å². The molecule has 23 heavy (non-hydrogen) atoms. The van der Waals surface area contributed by atoms with Crippen molar-refractivity contribution in [3.8, 4) is 0 Å². The van der Waals surface area contributed by atoms with Gasteiger partial charge < -0.3 is 4.79 Å². The summed E-state index contributed by atoms with van der Waals surface area (Å²) in [5.41, 5.74) is 1.37. The molecule has 0 spiro atoms. The van der Waals surface area contributed by atoms with Crippen molar-refractivity contribution >= 4 is 24.7 Å². The number of Topliss-reactive ketones (excluding diaryl/α,β-unsaturated/α-hetero) is 1. The highest BCUT2D eigenvalue weighted by Gasteiger charge is 2.40. The molecule has 0 bridgehead atoms. The number of ketones is 1. The van der Waals surface area contributed by atoms with E-state index in [0.717, 1.165) is 29.6 Å². The largest absolute Gasteiger partial charge is 0.303 e. The van der Waals surface area contributed by atoms with Crippen LogP contribution in [0.1, 0.15) is 37.3 Å². The van der Waals surface area contributed by atoms with Crippen LogP contribution in [-0.4, -0.2) is 30.1 Å². The Balaban J connectivity index is 1.92. The van der Waals surface area contributed by atoms with Gasteiger partial charge in [-0.05, 0) is 35.8 Å². The predicted octanol–water partition coefficient (Wildman–Crippen LogP) is 3.32. The Bertz CT molecular complexity index is 654. The zero-order valence-corrected chi connectivity index (χ0v) is 13.8. The van der Waals surface area contributed by atoms with Gasteiger partial charge in [0.1, 0.15) is 12.1 Å². The lowest BCUT2D eigenvalue weighted by Gasteiger charge is -2.35. The Labute approximate surface area is 141 Å². The average Bonchev–Trinajstić information content (AvgIpc) is 3.37. The van der Waals surface area contributed by atoms with Gasteiger partial charge in [0.2, 0.25) is 0 Å². The molecular formula is C18H20FNO2S. The molecule has 1 saturated carbocycles. The Kier molecular flexibility index (Phi) is 4.97. The van der Waals surface area contributed by atoms with Crippen molar-refractivity contribution in [2.24, 2.45) is 5.92 Å². The van der Waals surface area contributed by atoms with Gasteiger partial charge in [-0.3, -0.25) is 9.69 Å². The number of aldehydes is 1. The van der Waals surface area contributed by atoms with E-state index in [9.17, 15) is 14.0 Å². The molecule has 1 fully saturated rings. The van der Waals surface area contributed by atoms with Gasteiger partial charge in [-0.2, -0.15) is 0 Å². The highest BCUT2D eigenvalue weighted by Crippen LogP contribution is 2.39. The SMILES string of the molecule is O=CCC1=C(S)CCN(C(C(=O)C2CC2)c2ccccc2F)C1. The minimum Gasteiger partial charge on any atom is -0.303 e. The highest BCUT2D eigenvalue weighted by atomic mass is 32.1. The number of nitrogens with zero attached hydrogens (tertiary/aromatic N) is 1. The first-order valence-electron chi connectivity index (χ1n) is 7.97. The summed E-state index contributed by atoms with van der Waals surface area (Å²) in [4.78, 5) is 26.6. The monoisotopic (exact) mass is 333 g/mol. The van der Waals surface area contributed by atoms with Crippen LogP contribution in [0.15, 0.2) is 34.7 Å². The van der Waals surface area contributed by atoms with Crippen LogP contribution in [0.25, 0.3) is 0 Å². The first kappa shape index (κ1) is 16.4. The van der Waals surface area contributed by atoms with Gasteiger partial charge in [0.25, 0.3) is 0 Å². The molecule has 2 aliphatic rings. The molecule has 3 nitrogen and oxygen atoms in total. The number of hydrogen-bond acceptors (Lipinski definition) is 4. The second-order valence-electron chi connectivity index (χ2n) is 6.24. The first-order chi connectivity index (χ1) is 11.1. The van der Waals surface area contributed by atoms with Crippen molar-refractivity contribution in [1.82, 2.24) is 4.90 Å². The smallest absolute Gasteiger partial charge is 0.157 e. The molecule has 0 radical (unpaired) electrons. The molecule has 1 aromatic carbocycles. The van der Waals surface area contributed by atoms with Gasteiger partial charge in [0.05, 0.1) is 6.04 Å². The summed E-state index contributed by atoms with van der Waals surface area (Å²) in [6, 6.07) is 5.93. The van der Waals surface area contributed by atoms with Crippen molar-refractivity contribution in [3.05, 3.63) is 46.1 Å². The number of halogens is 1. The summed E-state index contributed by atoms with van der Waals surface area (Å²) in [6.07, 6.45) is 3.65. The lowest BCUT2D eigenvalue weighted by Crippen LogP contribution is -2.39. The molecule has 0 saturated heterocycles. The van der Waals surface area contributed by atoms with E-state index in [2.05, 4.69) is 12.6 Å². The standard InChI is InChI=1S/C18H20FNO2S/c19-15-4-2-1-3-14(15)17(18(22)12-5-6-12)20-9-7-16(23)13(11-20)8-10-21/h1-4,10,12,17,23H,5-9,11H2. The number of benzene rings is 1. The van der Waals surface area contributed by atoms with E-state index in [1.165, 1.54) is 6.07 Å². The Morgan fingerprint density at radius 3 is 2.78 bits per heavy atom. The van der Waals surface area contributed by atoms with Crippen LogP contribution < -0.4 is 0 Å². The van der Waals surface area contributed by atoms with Crippen molar-refractivity contribution in [2.45, 2.75) is 31.7 Å². The third-order valence-corrected chi connectivity index (χ3v) is 5.12. The van der Waals surface area contributed by atoms with Gasteiger partial charge in [-0.1, -0.05) is 18.2 Å². The Morgan fingerprint density at radius 2 is 2.13 bits per heavy atom. The fourth-order valence-corrected chi connectivity index (χ4v) is 3.42. The lowest BCUT2D eigenvalue weighted by molar-refractivity contribution is -0.125. The molecule has 3 rings (SSSR count). The maximum absolute atomic E-state index is 14.3. The average molecular weight is 333 g/mol. The number of carbonyl (C=O) groups excluding carboxylic acids is 2. The topological polar surface area (TPSA) is 37.4 Å². The molecule has 1 atom stereocenters. The van der Waals surface area contributed by atoms with Crippen molar-refractivity contribution in [3.63, 3.8) is 0 Å². The lowest BCUT2D eigenvalue weighted by atomic mass is 9.94. The number of thiol groups is 1. The fourth-order valence-electron chi connectivity index (χ4n) is 3.16. The maximum atomic E-state index is 14.3. The summed E-state index contributed by atoms with van der Waals surface area (Å²) in [7, 11) is 0. The van der Waals surface area contributed by atoms with Crippen LogP contribution in [-0.2, 0) is 9.59 Å². The zero-order valence-electron chi connectivity index (χ0n) is 12.9. The maximum Gasteiger partial charge on any atom is 0.157 e. The van der Waals surface area contributed by atoms with E-state index in [0.29, 0.717) is 31.5 Å². The van der Waals surface area contributed by atoms with E-state index in [4.69, 9.17) is 0 Å². The van der Waals surface area contributed by atoms with E-state index in [1.807, 2.05) is 4.90 Å². The van der Waals surface area contributed by atoms with Crippen LogP contribution >= 0.6 is 12.6 Å². The normalized spacial score (nSPS) is 20.4. The van der Waals surface area contributed by atoms with Crippen LogP contribution in [0, 0.1) is 11.7 Å². The molecule has 1 aliphatic carbocycles. The molecule has 0 amide bonds. The molecule has 5 heteroatoms. The Hall–Kier alpha value is -1.46. The predicted molar refractivity (Wildman–Crippen MR) is 89.8 cm³/mol. The third kappa shape index (κ3) is 3.56.